The quantitative estimate of drug-likeness (QED) is 0.710. The Kier molecular flexibility index (Phi) is 3.25. The van der Waals surface area contributed by atoms with Crippen LogP contribution in [-0.2, 0) is 14.4 Å². The van der Waals surface area contributed by atoms with Crippen LogP contribution < -0.4 is 0 Å². The van der Waals surface area contributed by atoms with E-state index in [1.54, 1.807) is 12.1 Å². The van der Waals surface area contributed by atoms with Crippen LogP contribution in [0.15, 0.2) is 29.2 Å². The monoisotopic (exact) mass is 215 g/mol. The molecule has 4 nitrogen and oxygen atoms in total. The van der Waals surface area contributed by atoms with Crippen LogP contribution in [0.2, 0.25) is 0 Å². The highest BCUT2D eigenvalue weighted by atomic mass is 32.2. The molecule has 0 radical (unpaired) electrons. The third kappa shape index (κ3) is 2.80. The first kappa shape index (κ1) is 11.2. The van der Waals surface area contributed by atoms with Gasteiger partial charge < -0.3 is 0 Å². The van der Waals surface area contributed by atoms with Crippen LogP contribution in [0.25, 0.3) is 0 Å². The lowest BCUT2D eigenvalue weighted by Gasteiger charge is -2.10. The second-order valence-electron chi connectivity index (χ2n) is 3.15. The maximum Gasteiger partial charge on any atom is 0.313 e. The molecule has 0 saturated carbocycles. The zero-order valence-corrected chi connectivity index (χ0v) is 9.21. The maximum absolute atomic E-state index is 11.5. The van der Waals surface area contributed by atoms with Crippen molar-refractivity contribution in [2.24, 2.45) is 0 Å². The summed E-state index contributed by atoms with van der Waals surface area (Å²) in [5, 5.41) is 1.15. The molecule has 0 aliphatic rings. The summed E-state index contributed by atoms with van der Waals surface area (Å²) in [6.07, 6.45) is 0. The molecule has 0 amide bonds. The molecule has 14 heavy (non-hydrogen) atoms. The van der Waals surface area contributed by atoms with Crippen LogP contribution in [0.1, 0.15) is 5.56 Å². The molecular formula is C9H13NO3S. The van der Waals surface area contributed by atoms with Crippen LogP contribution in [0.5, 0.6) is 0 Å². The average molecular weight is 215 g/mol. The van der Waals surface area contributed by atoms with Gasteiger partial charge in [-0.25, -0.2) is 0 Å². The summed E-state index contributed by atoms with van der Waals surface area (Å²) in [6, 6.07) is 6.50. The van der Waals surface area contributed by atoms with Gasteiger partial charge in [0.25, 0.3) is 0 Å². The Morgan fingerprint density at radius 3 is 2.07 bits per heavy atom. The fourth-order valence-corrected chi connectivity index (χ4v) is 1.89. The lowest BCUT2D eigenvalue weighted by Crippen LogP contribution is -2.18. The molecule has 1 aromatic carbocycles. The molecule has 0 aromatic heterocycles. The fourth-order valence-electron chi connectivity index (χ4n) is 0.944. The summed E-state index contributed by atoms with van der Waals surface area (Å²) in [7, 11) is -0.611. The molecule has 5 heteroatoms. The van der Waals surface area contributed by atoms with Gasteiger partial charge in [-0.3, -0.25) is 0 Å². The normalized spacial score (nSPS) is 12.0. The Morgan fingerprint density at radius 2 is 1.64 bits per heavy atom. The second-order valence-corrected chi connectivity index (χ2v) is 4.68. The van der Waals surface area contributed by atoms with E-state index in [9.17, 15) is 8.42 Å². The van der Waals surface area contributed by atoms with Crippen molar-refractivity contribution in [3.05, 3.63) is 29.8 Å². The summed E-state index contributed by atoms with van der Waals surface area (Å²) in [5.41, 5.74) is 1.01. The van der Waals surface area contributed by atoms with Crippen molar-refractivity contribution in [1.82, 2.24) is 5.06 Å². The third-order valence-corrected chi connectivity index (χ3v) is 2.90. The van der Waals surface area contributed by atoms with Gasteiger partial charge in [0.05, 0.1) is 4.90 Å². The van der Waals surface area contributed by atoms with E-state index in [0.29, 0.717) is 0 Å². The first-order chi connectivity index (χ1) is 6.42. The zero-order valence-electron chi connectivity index (χ0n) is 8.39. The second kappa shape index (κ2) is 4.08. The zero-order chi connectivity index (χ0) is 10.8. The standard InChI is InChI=1S/C9H13NO3S/c1-8-4-6-9(7-5-8)14(11,12)13-10(2)3/h4-7H,1-3H3. The van der Waals surface area contributed by atoms with Gasteiger partial charge in [0.15, 0.2) is 0 Å². The van der Waals surface area contributed by atoms with Crippen molar-refractivity contribution >= 4 is 10.1 Å². The third-order valence-electron chi connectivity index (χ3n) is 1.56. The van der Waals surface area contributed by atoms with E-state index >= 15 is 0 Å². The highest BCUT2D eigenvalue weighted by Gasteiger charge is 2.15. The van der Waals surface area contributed by atoms with E-state index in [4.69, 9.17) is 0 Å². The summed E-state index contributed by atoms with van der Waals surface area (Å²) in [5.74, 6) is 0. The number of hydrogen-bond acceptors (Lipinski definition) is 4. The maximum atomic E-state index is 11.5. The number of hydroxylamine groups is 2. The van der Waals surface area contributed by atoms with Crippen molar-refractivity contribution in [2.45, 2.75) is 11.8 Å². The average Bonchev–Trinajstić information content (AvgIpc) is 2.02. The van der Waals surface area contributed by atoms with E-state index in [1.807, 2.05) is 6.92 Å². The molecule has 0 spiro atoms. The van der Waals surface area contributed by atoms with Gasteiger partial charge >= 0.3 is 10.1 Å². The number of rotatable bonds is 3. The van der Waals surface area contributed by atoms with E-state index in [-0.39, 0.29) is 4.90 Å². The highest BCUT2D eigenvalue weighted by Crippen LogP contribution is 2.13. The lowest BCUT2D eigenvalue weighted by molar-refractivity contribution is 0.00514. The summed E-state index contributed by atoms with van der Waals surface area (Å²) < 4.78 is 27.6. The predicted molar refractivity (Wildman–Crippen MR) is 53.1 cm³/mol. The molecule has 0 aliphatic carbocycles. The Balaban J connectivity index is 2.99. The van der Waals surface area contributed by atoms with E-state index in [2.05, 4.69) is 4.28 Å². The van der Waals surface area contributed by atoms with Gasteiger partial charge in [-0.1, -0.05) is 17.7 Å². The number of nitrogens with zero attached hydrogens (tertiary/aromatic N) is 1. The molecule has 0 N–H and O–H groups in total. The van der Waals surface area contributed by atoms with Crippen LogP contribution in [0.3, 0.4) is 0 Å². The number of aryl methyl sites for hydroxylation is 1. The van der Waals surface area contributed by atoms with E-state index in [0.717, 1.165) is 10.6 Å². The first-order valence-corrected chi connectivity index (χ1v) is 5.51. The van der Waals surface area contributed by atoms with Crippen molar-refractivity contribution in [3.63, 3.8) is 0 Å². The van der Waals surface area contributed by atoms with Crippen LogP contribution in [0.4, 0.5) is 0 Å². The summed E-state index contributed by atoms with van der Waals surface area (Å²) in [4.78, 5) is 0.164. The van der Waals surface area contributed by atoms with Gasteiger partial charge in [-0.15, -0.1) is 0 Å². The van der Waals surface area contributed by atoms with Crippen molar-refractivity contribution in [2.75, 3.05) is 14.1 Å². The minimum absolute atomic E-state index is 0.164. The Labute approximate surface area is 84.2 Å². The SMILES string of the molecule is Cc1ccc(S(=O)(=O)ON(C)C)cc1. The van der Waals surface area contributed by atoms with Gasteiger partial charge in [0.1, 0.15) is 0 Å². The number of hydrogen-bond donors (Lipinski definition) is 0. The molecule has 0 bridgehead atoms. The van der Waals surface area contributed by atoms with Gasteiger partial charge in [0.2, 0.25) is 0 Å². The van der Waals surface area contributed by atoms with Crippen LogP contribution in [-0.4, -0.2) is 27.6 Å². The van der Waals surface area contributed by atoms with Gasteiger partial charge in [-0.2, -0.15) is 17.8 Å². The highest BCUT2D eigenvalue weighted by molar-refractivity contribution is 7.86. The minimum Gasteiger partial charge on any atom is -0.192 e. The van der Waals surface area contributed by atoms with E-state index in [1.165, 1.54) is 26.2 Å². The topological polar surface area (TPSA) is 46.6 Å². The Morgan fingerprint density at radius 1 is 1.14 bits per heavy atom. The molecule has 1 aromatic rings. The van der Waals surface area contributed by atoms with Gasteiger partial charge in [-0.05, 0) is 19.1 Å². The molecule has 0 fully saturated rings. The molecule has 0 saturated heterocycles. The van der Waals surface area contributed by atoms with Crippen LogP contribution >= 0.6 is 0 Å². The summed E-state index contributed by atoms with van der Waals surface area (Å²) in [6.45, 7) is 1.89. The van der Waals surface area contributed by atoms with Crippen molar-refractivity contribution in [1.29, 1.82) is 0 Å². The fraction of sp³-hybridized carbons (Fsp3) is 0.333. The molecule has 0 unspecified atom stereocenters. The molecule has 1 rings (SSSR count). The van der Waals surface area contributed by atoms with Crippen LogP contribution in [0, 0.1) is 6.92 Å². The van der Waals surface area contributed by atoms with Gasteiger partial charge in [0, 0.05) is 14.1 Å². The summed E-state index contributed by atoms with van der Waals surface area (Å²) >= 11 is 0. The Bertz CT molecular complexity index is 395. The van der Waals surface area contributed by atoms with Crippen molar-refractivity contribution in [3.8, 4) is 0 Å². The molecule has 0 aliphatic heterocycles. The minimum atomic E-state index is -3.65. The molecule has 78 valence electrons. The smallest absolute Gasteiger partial charge is 0.192 e. The first-order valence-electron chi connectivity index (χ1n) is 4.10. The molecule has 0 atom stereocenters. The van der Waals surface area contributed by atoms with E-state index < -0.39 is 10.1 Å². The van der Waals surface area contributed by atoms with Crippen molar-refractivity contribution < 1.29 is 12.7 Å². The largest absolute Gasteiger partial charge is 0.313 e. The predicted octanol–water partition coefficient (Wildman–Crippen LogP) is 1.18. The number of benzene rings is 1. The molecule has 0 heterocycles. The molecular weight excluding hydrogens is 202 g/mol. The lowest BCUT2D eigenvalue weighted by atomic mass is 10.2. The Hall–Kier alpha value is -0.910.